The molecule has 0 amide bonds. The van der Waals surface area contributed by atoms with E-state index in [1.165, 1.54) is 0 Å². The van der Waals surface area contributed by atoms with E-state index in [4.69, 9.17) is 14.2 Å². The van der Waals surface area contributed by atoms with Crippen LogP contribution in [0.5, 0.6) is 0 Å². The third-order valence-corrected chi connectivity index (χ3v) is 7.48. The Bertz CT molecular complexity index is 792. The van der Waals surface area contributed by atoms with Crippen LogP contribution in [0.3, 0.4) is 0 Å². The van der Waals surface area contributed by atoms with Gasteiger partial charge in [-0.05, 0) is 42.6 Å². The zero-order valence-corrected chi connectivity index (χ0v) is 17.7. The average Bonchev–Trinajstić information content (AvgIpc) is 3.18. The van der Waals surface area contributed by atoms with Crippen LogP contribution in [0.4, 0.5) is 0 Å². The number of carboxylic acids is 1. The van der Waals surface area contributed by atoms with E-state index in [-0.39, 0.29) is 23.3 Å². The van der Waals surface area contributed by atoms with E-state index in [0.29, 0.717) is 12.0 Å². The second kappa shape index (κ2) is 9.20. The fraction of sp³-hybridized carbons (Fsp3) is 0.727. The number of hydrogen-bond donors (Lipinski definition) is 5. The highest BCUT2D eigenvalue weighted by atomic mass is 16.8. The summed E-state index contributed by atoms with van der Waals surface area (Å²) < 4.78 is 17.0. The number of aldehydes is 1. The van der Waals surface area contributed by atoms with Gasteiger partial charge in [0.15, 0.2) is 6.29 Å². The van der Waals surface area contributed by atoms with Gasteiger partial charge in [-0.25, -0.2) is 4.79 Å². The van der Waals surface area contributed by atoms with Gasteiger partial charge in [-0.1, -0.05) is 13.0 Å². The first-order valence-electron chi connectivity index (χ1n) is 11.0. The molecule has 4 aliphatic rings. The van der Waals surface area contributed by atoms with Crippen LogP contribution in [-0.4, -0.2) is 81.4 Å². The molecule has 0 aromatic carbocycles. The standard InChI is InChI=1S/C22H30O10/c1-2-9-3-10(6-23)11-5-13-14(20(28)29)8-30-21(16(13)12(11)4-9)32-22-19(27)18(26)17(25)15(7-24)31-22/h3,6,8-9,11-13,15-19,21-22,24-27H,2,4-5,7H2,1H3,(H,28,29)/t9-,11-,12+,13-,15-,16-,17-,18+,19-,21+,22+/m1/s1. The Morgan fingerprint density at radius 1 is 1.16 bits per heavy atom. The summed E-state index contributed by atoms with van der Waals surface area (Å²) in [6.07, 6.45) is -2.26. The van der Waals surface area contributed by atoms with Gasteiger partial charge in [0.2, 0.25) is 6.29 Å². The van der Waals surface area contributed by atoms with Gasteiger partial charge in [-0.2, -0.15) is 0 Å². The van der Waals surface area contributed by atoms with E-state index in [0.717, 1.165) is 25.4 Å². The molecule has 11 atom stereocenters. The van der Waals surface area contributed by atoms with E-state index in [1.807, 2.05) is 13.0 Å². The molecule has 10 heteroatoms. The van der Waals surface area contributed by atoms with Crippen LogP contribution in [0.15, 0.2) is 23.5 Å². The van der Waals surface area contributed by atoms with E-state index >= 15 is 0 Å². The zero-order chi connectivity index (χ0) is 23.2. The van der Waals surface area contributed by atoms with E-state index in [2.05, 4.69) is 0 Å². The van der Waals surface area contributed by atoms with Crippen molar-refractivity contribution >= 4 is 12.3 Å². The maximum absolute atomic E-state index is 11.9. The number of hydrogen-bond acceptors (Lipinski definition) is 9. The summed E-state index contributed by atoms with van der Waals surface area (Å²) in [5, 5.41) is 49.6. The highest BCUT2D eigenvalue weighted by molar-refractivity contribution is 5.87. The number of rotatable bonds is 6. The zero-order valence-electron chi connectivity index (χ0n) is 17.7. The number of ether oxygens (including phenoxy) is 3. The Kier molecular flexibility index (Phi) is 6.71. The smallest absolute Gasteiger partial charge is 0.334 e. The lowest BCUT2D eigenvalue weighted by molar-refractivity contribution is -0.342. The van der Waals surface area contributed by atoms with Crippen LogP contribution >= 0.6 is 0 Å². The predicted octanol–water partition coefficient (Wildman–Crippen LogP) is -0.449. The second-order valence-corrected chi connectivity index (χ2v) is 9.09. The quantitative estimate of drug-likeness (QED) is 0.332. The molecule has 0 radical (unpaired) electrons. The van der Waals surface area contributed by atoms with Crippen molar-refractivity contribution in [3.8, 4) is 0 Å². The molecule has 4 rings (SSSR count). The molecular formula is C22H30O10. The molecule has 0 unspecified atom stereocenters. The number of aliphatic hydroxyl groups excluding tert-OH is 4. The Balaban J connectivity index is 1.63. The first kappa shape index (κ1) is 23.3. The average molecular weight is 454 g/mol. The van der Waals surface area contributed by atoms with Crippen LogP contribution < -0.4 is 0 Å². The van der Waals surface area contributed by atoms with Crippen LogP contribution in [0.25, 0.3) is 0 Å². The molecule has 0 spiro atoms. The minimum absolute atomic E-state index is 0.0758. The van der Waals surface area contributed by atoms with Crippen molar-refractivity contribution in [3.05, 3.63) is 23.5 Å². The van der Waals surface area contributed by atoms with Crippen molar-refractivity contribution in [3.63, 3.8) is 0 Å². The Morgan fingerprint density at radius 3 is 2.53 bits per heavy atom. The number of carbonyl (C=O) groups is 2. The second-order valence-electron chi connectivity index (χ2n) is 9.09. The molecule has 32 heavy (non-hydrogen) atoms. The minimum Gasteiger partial charge on any atom is -0.478 e. The third kappa shape index (κ3) is 3.89. The van der Waals surface area contributed by atoms with Crippen LogP contribution in [0.1, 0.15) is 26.2 Å². The van der Waals surface area contributed by atoms with Crippen LogP contribution in [0, 0.1) is 29.6 Å². The van der Waals surface area contributed by atoms with Crippen molar-refractivity contribution in [1.82, 2.24) is 0 Å². The molecule has 2 aliphatic carbocycles. The summed E-state index contributed by atoms with van der Waals surface area (Å²) in [6, 6.07) is 0. The predicted molar refractivity (Wildman–Crippen MR) is 107 cm³/mol. The maximum atomic E-state index is 11.9. The lowest BCUT2D eigenvalue weighted by atomic mass is 9.72. The monoisotopic (exact) mass is 454 g/mol. The molecule has 1 saturated heterocycles. The van der Waals surface area contributed by atoms with E-state index in [9.17, 15) is 35.1 Å². The first-order valence-corrected chi connectivity index (χ1v) is 11.0. The number of aliphatic hydroxyl groups is 4. The molecule has 0 bridgehead atoms. The largest absolute Gasteiger partial charge is 0.478 e. The fourth-order valence-electron chi connectivity index (χ4n) is 5.79. The minimum atomic E-state index is -1.60. The molecule has 1 saturated carbocycles. The van der Waals surface area contributed by atoms with Gasteiger partial charge in [0.25, 0.3) is 0 Å². The summed E-state index contributed by atoms with van der Waals surface area (Å²) in [7, 11) is 0. The number of aliphatic carboxylic acids is 1. The molecule has 2 fully saturated rings. The Hall–Kier alpha value is -1.82. The van der Waals surface area contributed by atoms with Crippen molar-refractivity contribution in [2.24, 2.45) is 29.6 Å². The van der Waals surface area contributed by atoms with Gasteiger partial charge >= 0.3 is 5.97 Å². The van der Waals surface area contributed by atoms with Gasteiger partial charge in [0, 0.05) is 11.8 Å². The third-order valence-electron chi connectivity index (χ3n) is 7.48. The van der Waals surface area contributed by atoms with Crippen LogP contribution in [0.2, 0.25) is 0 Å². The fourth-order valence-corrected chi connectivity index (χ4v) is 5.79. The molecule has 10 nitrogen and oxygen atoms in total. The lowest BCUT2D eigenvalue weighted by Crippen LogP contribution is -2.60. The highest BCUT2D eigenvalue weighted by Gasteiger charge is 2.56. The molecule has 178 valence electrons. The number of fused-ring (bicyclic) bond motifs is 3. The van der Waals surface area contributed by atoms with Crippen molar-refractivity contribution in [2.45, 2.75) is 63.2 Å². The van der Waals surface area contributed by atoms with Gasteiger partial charge in [0.1, 0.15) is 30.7 Å². The SMILES string of the molecule is CC[C@@H]1C=C(C=O)[C@H]2C[C@@H]3C(C(=O)O)=CO[C@@H](O[C@@H]4O[C@H](CO)[C@@H](O)[C@H](O)[C@H]4O)[C@@H]3[C@H]2C1. The summed E-state index contributed by atoms with van der Waals surface area (Å²) in [5.41, 5.74) is 0.773. The Labute approximate surface area is 185 Å². The van der Waals surface area contributed by atoms with Crippen molar-refractivity contribution in [2.75, 3.05) is 6.61 Å². The number of allylic oxidation sites excluding steroid dienone is 2. The maximum Gasteiger partial charge on any atom is 0.334 e. The number of carboxylic acid groups (broad SMARTS) is 1. The first-order chi connectivity index (χ1) is 15.3. The molecule has 0 aromatic rings. The normalized spacial score (nSPS) is 45.7. The topological polar surface area (TPSA) is 163 Å². The van der Waals surface area contributed by atoms with Crippen molar-refractivity contribution in [1.29, 1.82) is 0 Å². The van der Waals surface area contributed by atoms with E-state index in [1.54, 1.807) is 0 Å². The summed E-state index contributed by atoms with van der Waals surface area (Å²) in [6.45, 7) is 1.43. The van der Waals surface area contributed by atoms with Gasteiger partial charge in [0.05, 0.1) is 18.4 Å². The summed E-state index contributed by atoms with van der Waals surface area (Å²) in [5.74, 6) is -1.98. The molecule has 2 aliphatic heterocycles. The van der Waals surface area contributed by atoms with E-state index < -0.39 is 61.4 Å². The van der Waals surface area contributed by atoms with Gasteiger partial charge in [-0.3, -0.25) is 4.79 Å². The number of carbonyl (C=O) groups excluding carboxylic acids is 1. The van der Waals surface area contributed by atoms with Gasteiger partial charge < -0.3 is 39.7 Å². The van der Waals surface area contributed by atoms with Gasteiger partial charge in [-0.15, -0.1) is 0 Å². The summed E-state index contributed by atoms with van der Waals surface area (Å²) in [4.78, 5) is 23.6. The molecular weight excluding hydrogens is 424 g/mol. The highest BCUT2D eigenvalue weighted by Crippen LogP contribution is 2.56. The van der Waals surface area contributed by atoms with Crippen LogP contribution in [-0.2, 0) is 23.8 Å². The molecule has 5 N–H and O–H groups in total. The molecule has 0 aromatic heterocycles. The Morgan fingerprint density at radius 2 is 1.91 bits per heavy atom. The van der Waals surface area contributed by atoms with Crippen molar-refractivity contribution < 1.29 is 49.3 Å². The molecule has 2 heterocycles. The lowest BCUT2D eigenvalue weighted by Gasteiger charge is -2.44. The summed E-state index contributed by atoms with van der Waals surface area (Å²) >= 11 is 0.